The maximum absolute atomic E-state index is 13.0. The number of hydrogen-bond donors (Lipinski definition) is 1. The van der Waals surface area contributed by atoms with E-state index in [0.717, 1.165) is 22.4 Å². The van der Waals surface area contributed by atoms with Crippen LogP contribution in [0.15, 0.2) is 75.4 Å². The van der Waals surface area contributed by atoms with Crippen molar-refractivity contribution in [2.24, 2.45) is 0 Å². The second-order valence-corrected chi connectivity index (χ2v) is 9.64. The molecule has 0 bridgehead atoms. The fourth-order valence-electron chi connectivity index (χ4n) is 3.08. The molecule has 3 rings (SSSR count). The third kappa shape index (κ3) is 5.76. The van der Waals surface area contributed by atoms with Crippen molar-refractivity contribution in [1.29, 1.82) is 0 Å². The standard InChI is InChI=1S/C24H25N3O6S/c1-4-33-24(30)18-5-9-19(10-6-18)25-21(28)15-27-23(29)14-13-22(26-27)34(31,32)20-11-7-17(8-12-20)16(2)3/h5-14,16H,4,15H2,1-3H3,(H,25,28). The van der Waals surface area contributed by atoms with Crippen molar-refractivity contribution in [3.05, 3.63) is 82.1 Å². The van der Waals surface area contributed by atoms with E-state index in [0.29, 0.717) is 11.3 Å². The minimum atomic E-state index is -3.98. The number of aromatic nitrogens is 2. The summed E-state index contributed by atoms with van der Waals surface area (Å²) >= 11 is 0. The molecule has 178 valence electrons. The number of ether oxygens (including phenoxy) is 1. The van der Waals surface area contributed by atoms with Crippen molar-refractivity contribution in [2.75, 3.05) is 11.9 Å². The van der Waals surface area contributed by atoms with E-state index in [1.54, 1.807) is 19.1 Å². The number of carbonyl (C=O) groups is 2. The summed E-state index contributed by atoms with van der Waals surface area (Å²) in [5.74, 6) is -0.820. The van der Waals surface area contributed by atoms with Gasteiger partial charge >= 0.3 is 5.97 Å². The normalized spacial score (nSPS) is 11.3. The van der Waals surface area contributed by atoms with Crippen molar-refractivity contribution < 1.29 is 22.7 Å². The number of sulfone groups is 1. The van der Waals surface area contributed by atoms with E-state index in [-0.39, 0.29) is 22.4 Å². The van der Waals surface area contributed by atoms with Crippen LogP contribution in [0.25, 0.3) is 0 Å². The molecule has 0 saturated carbocycles. The second-order valence-electron chi connectivity index (χ2n) is 7.74. The Labute approximate surface area is 197 Å². The van der Waals surface area contributed by atoms with Gasteiger partial charge in [-0.15, -0.1) is 0 Å². The number of benzene rings is 2. The van der Waals surface area contributed by atoms with Crippen LogP contribution in [-0.4, -0.2) is 36.7 Å². The van der Waals surface area contributed by atoms with Gasteiger partial charge in [-0.25, -0.2) is 17.9 Å². The average molecular weight is 484 g/mol. The number of rotatable bonds is 8. The van der Waals surface area contributed by atoms with Gasteiger partial charge in [0.1, 0.15) is 6.54 Å². The first-order chi connectivity index (χ1) is 16.1. The molecular weight excluding hydrogens is 458 g/mol. The molecule has 1 heterocycles. The third-order valence-electron chi connectivity index (χ3n) is 4.95. The minimum Gasteiger partial charge on any atom is -0.462 e. The summed E-state index contributed by atoms with van der Waals surface area (Å²) in [6.45, 7) is 5.46. The lowest BCUT2D eigenvalue weighted by molar-refractivity contribution is -0.117. The first-order valence-corrected chi connectivity index (χ1v) is 12.1. The molecular formula is C24H25N3O6S. The smallest absolute Gasteiger partial charge is 0.338 e. The van der Waals surface area contributed by atoms with Crippen LogP contribution in [-0.2, 0) is 25.9 Å². The Morgan fingerprint density at radius 3 is 2.24 bits per heavy atom. The van der Waals surface area contributed by atoms with E-state index < -0.39 is 33.8 Å². The summed E-state index contributed by atoms with van der Waals surface area (Å²) in [6.07, 6.45) is 0. The molecule has 2 aromatic carbocycles. The van der Waals surface area contributed by atoms with Crippen LogP contribution < -0.4 is 10.9 Å². The number of nitrogens with one attached hydrogen (secondary N) is 1. The van der Waals surface area contributed by atoms with E-state index >= 15 is 0 Å². The molecule has 0 radical (unpaired) electrons. The highest BCUT2D eigenvalue weighted by Gasteiger charge is 2.21. The van der Waals surface area contributed by atoms with Gasteiger partial charge in [-0.1, -0.05) is 26.0 Å². The topological polar surface area (TPSA) is 124 Å². The molecule has 1 N–H and O–H groups in total. The average Bonchev–Trinajstić information content (AvgIpc) is 2.81. The summed E-state index contributed by atoms with van der Waals surface area (Å²) in [7, 11) is -3.98. The number of anilines is 1. The van der Waals surface area contributed by atoms with Gasteiger partial charge in [0, 0.05) is 11.8 Å². The first kappa shape index (κ1) is 24.8. The second kappa shape index (κ2) is 10.4. The molecule has 1 aromatic heterocycles. The van der Waals surface area contributed by atoms with Crippen molar-refractivity contribution in [1.82, 2.24) is 9.78 Å². The number of hydrogen-bond acceptors (Lipinski definition) is 7. The van der Waals surface area contributed by atoms with Crippen LogP contribution in [0.3, 0.4) is 0 Å². The third-order valence-corrected chi connectivity index (χ3v) is 6.61. The van der Waals surface area contributed by atoms with Crippen LogP contribution in [0, 0.1) is 0 Å². The molecule has 0 aliphatic carbocycles. The van der Waals surface area contributed by atoms with Crippen molar-refractivity contribution in [3.63, 3.8) is 0 Å². The molecule has 10 heteroatoms. The fraction of sp³-hybridized carbons (Fsp3) is 0.250. The predicted molar refractivity (Wildman–Crippen MR) is 126 cm³/mol. The SMILES string of the molecule is CCOC(=O)c1ccc(NC(=O)Cn2nc(S(=O)(=O)c3ccc(C(C)C)cc3)ccc2=O)cc1. The maximum Gasteiger partial charge on any atom is 0.338 e. The molecule has 3 aromatic rings. The van der Waals surface area contributed by atoms with Gasteiger partial charge in [0.2, 0.25) is 15.7 Å². The molecule has 34 heavy (non-hydrogen) atoms. The molecule has 0 spiro atoms. The van der Waals surface area contributed by atoms with E-state index in [4.69, 9.17) is 4.74 Å². The van der Waals surface area contributed by atoms with E-state index in [2.05, 4.69) is 10.4 Å². The molecule has 0 fully saturated rings. The Balaban J connectivity index is 1.76. The van der Waals surface area contributed by atoms with Crippen LogP contribution in [0.1, 0.15) is 42.6 Å². The summed E-state index contributed by atoms with van der Waals surface area (Å²) < 4.78 is 31.6. The zero-order valence-corrected chi connectivity index (χ0v) is 19.8. The van der Waals surface area contributed by atoms with E-state index in [1.807, 2.05) is 13.8 Å². The monoisotopic (exact) mass is 483 g/mol. The van der Waals surface area contributed by atoms with Crippen LogP contribution in [0.5, 0.6) is 0 Å². The fourth-order valence-corrected chi connectivity index (χ4v) is 4.27. The van der Waals surface area contributed by atoms with Gasteiger partial charge in [-0.3, -0.25) is 9.59 Å². The van der Waals surface area contributed by atoms with E-state index in [9.17, 15) is 22.8 Å². The van der Waals surface area contributed by atoms with Crippen LogP contribution >= 0.6 is 0 Å². The lowest BCUT2D eigenvalue weighted by Crippen LogP contribution is -2.30. The molecule has 0 aliphatic rings. The number of esters is 1. The zero-order chi connectivity index (χ0) is 24.9. The van der Waals surface area contributed by atoms with Crippen molar-refractivity contribution in [2.45, 2.75) is 43.2 Å². The lowest BCUT2D eigenvalue weighted by Gasteiger charge is -2.10. The maximum atomic E-state index is 13.0. The molecule has 0 unspecified atom stereocenters. The highest BCUT2D eigenvalue weighted by Crippen LogP contribution is 2.21. The Bertz CT molecular complexity index is 1340. The Hall–Kier alpha value is -3.79. The summed E-state index contributed by atoms with van der Waals surface area (Å²) in [6, 6.07) is 14.7. The number of nitrogens with zero attached hydrogens (tertiary/aromatic N) is 2. The van der Waals surface area contributed by atoms with Gasteiger partial charge < -0.3 is 10.1 Å². The number of amides is 1. The highest BCUT2D eigenvalue weighted by atomic mass is 32.2. The zero-order valence-electron chi connectivity index (χ0n) is 19.0. The first-order valence-electron chi connectivity index (χ1n) is 10.6. The van der Waals surface area contributed by atoms with Crippen molar-refractivity contribution in [3.8, 4) is 0 Å². The van der Waals surface area contributed by atoms with Gasteiger partial charge in [-0.2, -0.15) is 5.10 Å². The predicted octanol–water partition coefficient (Wildman–Crippen LogP) is 3.01. The minimum absolute atomic E-state index is 0.0424. The quantitative estimate of drug-likeness (QED) is 0.488. The molecule has 9 nitrogen and oxygen atoms in total. The summed E-state index contributed by atoms with van der Waals surface area (Å²) in [5.41, 5.74) is 1.09. The molecule has 0 saturated heterocycles. The Morgan fingerprint density at radius 1 is 1.00 bits per heavy atom. The van der Waals surface area contributed by atoms with Gasteiger partial charge in [0.25, 0.3) is 5.56 Å². The van der Waals surface area contributed by atoms with Gasteiger partial charge in [0.05, 0.1) is 17.1 Å². The highest BCUT2D eigenvalue weighted by molar-refractivity contribution is 7.91. The van der Waals surface area contributed by atoms with E-state index in [1.165, 1.54) is 36.4 Å². The summed E-state index contributed by atoms with van der Waals surface area (Å²) in [5, 5.41) is 6.16. The molecule has 0 atom stereocenters. The summed E-state index contributed by atoms with van der Waals surface area (Å²) in [4.78, 5) is 36.4. The van der Waals surface area contributed by atoms with Crippen molar-refractivity contribution >= 4 is 27.4 Å². The molecule has 1 amide bonds. The van der Waals surface area contributed by atoms with Gasteiger partial charge in [0.15, 0.2) is 5.03 Å². The molecule has 0 aliphatic heterocycles. The number of carbonyl (C=O) groups excluding carboxylic acids is 2. The largest absolute Gasteiger partial charge is 0.462 e. The lowest BCUT2D eigenvalue weighted by atomic mass is 10.0. The van der Waals surface area contributed by atoms with Crippen LogP contribution in [0.2, 0.25) is 0 Å². The Kier molecular flexibility index (Phi) is 7.62. The Morgan fingerprint density at radius 2 is 1.65 bits per heavy atom. The van der Waals surface area contributed by atoms with Gasteiger partial charge in [-0.05, 0) is 60.9 Å². The van der Waals surface area contributed by atoms with Crippen LogP contribution in [0.4, 0.5) is 5.69 Å².